The third-order valence-corrected chi connectivity index (χ3v) is 0. The van der Waals surface area contributed by atoms with Crippen molar-refractivity contribution in [3.63, 3.8) is 0 Å². The van der Waals surface area contributed by atoms with Crippen LogP contribution in [0.3, 0.4) is 0 Å². The average Bonchev–Trinajstić information content (AvgIpc) is 0. The molecule has 24 valence electrons. The molecule has 0 aliphatic rings. The second-order valence-electron chi connectivity index (χ2n) is 0. The summed E-state index contributed by atoms with van der Waals surface area (Å²) in [7, 11) is 0. The number of hydrogen-bond donors (Lipinski definition) is 0. The van der Waals surface area contributed by atoms with Gasteiger partial charge in [-0.2, -0.15) is 0 Å². The van der Waals surface area contributed by atoms with Crippen molar-refractivity contribution in [1.29, 1.82) is 0 Å². The molecule has 0 spiro atoms. The monoisotopic (exact) mass is 496 g/mol. The fourth-order valence-electron chi connectivity index (χ4n) is 0. The second-order valence-corrected chi connectivity index (χ2v) is 0. The molecule has 0 aromatic heterocycles. The molecule has 0 atom stereocenters. The van der Waals surface area contributed by atoms with Gasteiger partial charge in [-0.05, 0) is 0 Å². The van der Waals surface area contributed by atoms with Crippen molar-refractivity contribution < 1.29 is 71.9 Å². The van der Waals surface area contributed by atoms with Crippen molar-refractivity contribution in [2.75, 3.05) is 0 Å². The Morgan fingerprint density at radius 2 is 0.500 bits per heavy atom. The van der Waals surface area contributed by atoms with Gasteiger partial charge in [0.15, 0.2) is 0 Å². The number of halogens is 3. The summed E-state index contributed by atoms with van der Waals surface area (Å²) in [6, 6.07) is 0. The van der Waals surface area contributed by atoms with Crippen LogP contribution in [0, 0.1) is 0 Å². The van der Waals surface area contributed by atoms with Gasteiger partial charge in [-0.3, -0.25) is 0 Å². The minimum Gasteiger partial charge on any atom is -1.00 e. The summed E-state index contributed by atoms with van der Waals surface area (Å²) in [4.78, 5) is 0. The zero-order valence-electron chi connectivity index (χ0n) is 1.71. The fraction of sp³-hybridized carbons (Fsp3) is 0. The van der Waals surface area contributed by atoms with Gasteiger partial charge in [0, 0.05) is 0 Å². The molecular formula is I3In. The van der Waals surface area contributed by atoms with Gasteiger partial charge in [-0.25, -0.2) is 0 Å². The largest absolute Gasteiger partial charge is 3.00 e. The van der Waals surface area contributed by atoms with Crippen LogP contribution >= 0.6 is 0 Å². The molecule has 0 fully saturated rings. The minimum absolute atomic E-state index is 0. The SMILES string of the molecule is [I-].[I-].[I-].[In+3]. The Bertz CT molecular complexity index is 3.25. The summed E-state index contributed by atoms with van der Waals surface area (Å²) in [6.45, 7) is 0. The van der Waals surface area contributed by atoms with Crippen LogP contribution in [0.2, 0.25) is 0 Å². The Kier molecular flexibility index (Phi) is 115. The summed E-state index contributed by atoms with van der Waals surface area (Å²) in [5.41, 5.74) is 0. The predicted molar refractivity (Wildman–Crippen MR) is 5.75 cm³/mol. The normalized spacial score (nSPS) is 0. The molecule has 0 aliphatic carbocycles. The maximum absolute atomic E-state index is 0. The second kappa shape index (κ2) is 16.6. The van der Waals surface area contributed by atoms with E-state index < -0.39 is 0 Å². The summed E-state index contributed by atoms with van der Waals surface area (Å²) in [5, 5.41) is 0. The summed E-state index contributed by atoms with van der Waals surface area (Å²) in [5.74, 6) is 0. The molecule has 4 heavy (non-hydrogen) atoms. The van der Waals surface area contributed by atoms with Crippen molar-refractivity contribution in [3.8, 4) is 0 Å². The van der Waals surface area contributed by atoms with E-state index in [4.69, 9.17) is 0 Å². The summed E-state index contributed by atoms with van der Waals surface area (Å²) < 4.78 is 0. The molecule has 0 heterocycles. The zero-order valence-corrected chi connectivity index (χ0v) is 11.5. The van der Waals surface area contributed by atoms with Gasteiger partial charge < -0.3 is 71.9 Å². The van der Waals surface area contributed by atoms with Gasteiger partial charge in [-0.15, -0.1) is 0 Å². The standard InChI is InChI=1S/3HI.In/h3*1H;/q;;;+3/p-3. The van der Waals surface area contributed by atoms with Crippen LogP contribution in [0.5, 0.6) is 0 Å². The van der Waals surface area contributed by atoms with Crippen LogP contribution in [0.4, 0.5) is 0 Å². The third-order valence-electron chi connectivity index (χ3n) is 0. The van der Waals surface area contributed by atoms with Crippen molar-refractivity contribution in [2.45, 2.75) is 0 Å². The van der Waals surface area contributed by atoms with E-state index >= 15 is 0 Å². The molecule has 0 unspecified atom stereocenters. The maximum Gasteiger partial charge on any atom is 3.00 e. The van der Waals surface area contributed by atoms with E-state index in [1.54, 1.807) is 0 Å². The molecule has 0 radical (unpaired) electrons. The van der Waals surface area contributed by atoms with Crippen molar-refractivity contribution in [2.24, 2.45) is 0 Å². The Hall–Kier alpha value is 3.06. The molecule has 4 heteroatoms. The van der Waals surface area contributed by atoms with Crippen molar-refractivity contribution in [1.82, 2.24) is 0 Å². The van der Waals surface area contributed by atoms with Crippen LogP contribution in [-0.4, -0.2) is 25.8 Å². The van der Waals surface area contributed by atoms with Crippen molar-refractivity contribution in [3.05, 3.63) is 0 Å². The van der Waals surface area contributed by atoms with E-state index in [2.05, 4.69) is 0 Å². The Balaban J connectivity index is 0. The Labute approximate surface area is 95.7 Å². The Morgan fingerprint density at radius 1 is 0.500 bits per heavy atom. The van der Waals surface area contributed by atoms with E-state index in [-0.39, 0.29) is 97.8 Å². The molecule has 0 aromatic carbocycles. The molecule has 0 bridgehead atoms. The smallest absolute Gasteiger partial charge is 1.00 e. The zero-order chi connectivity index (χ0) is 0. The van der Waals surface area contributed by atoms with E-state index in [0.29, 0.717) is 0 Å². The minimum atomic E-state index is 0. The van der Waals surface area contributed by atoms with Gasteiger partial charge in [-0.1, -0.05) is 0 Å². The topological polar surface area (TPSA) is 0 Å². The predicted octanol–water partition coefficient (Wildman–Crippen LogP) is -9.37. The molecule has 0 saturated heterocycles. The molecule has 0 nitrogen and oxygen atoms in total. The first kappa shape index (κ1) is 27.7. The van der Waals surface area contributed by atoms with E-state index in [1.807, 2.05) is 0 Å². The van der Waals surface area contributed by atoms with Crippen LogP contribution in [-0.2, 0) is 0 Å². The van der Waals surface area contributed by atoms with Crippen LogP contribution in [0.15, 0.2) is 0 Å². The molecule has 0 amide bonds. The van der Waals surface area contributed by atoms with Gasteiger partial charge >= 0.3 is 25.8 Å². The van der Waals surface area contributed by atoms with Crippen LogP contribution in [0.25, 0.3) is 0 Å². The molecule has 0 N–H and O–H groups in total. The van der Waals surface area contributed by atoms with Crippen LogP contribution in [0.1, 0.15) is 0 Å². The molecule has 0 aromatic rings. The Morgan fingerprint density at radius 3 is 0.500 bits per heavy atom. The summed E-state index contributed by atoms with van der Waals surface area (Å²) in [6.07, 6.45) is 0. The van der Waals surface area contributed by atoms with Gasteiger partial charge in [0.1, 0.15) is 0 Å². The molecule has 0 aliphatic heterocycles. The quantitative estimate of drug-likeness (QED) is 0.293. The van der Waals surface area contributed by atoms with Crippen LogP contribution < -0.4 is 71.9 Å². The van der Waals surface area contributed by atoms with E-state index in [9.17, 15) is 0 Å². The molecule has 0 saturated carbocycles. The first-order chi connectivity index (χ1) is 0. The summed E-state index contributed by atoms with van der Waals surface area (Å²) >= 11 is 0. The van der Waals surface area contributed by atoms with Gasteiger partial charge in [0.25, 0.3) is 0 Å². The first-order valence-electron chi connectivity index (χ1n) is 0. The third kappa shape index (κ3) is 8.91. The van der Waals surface area contributed by atoms with Gasteiger partial charge in [0.05, 0.1) is 0 Å². The average molecular weight is 496 g/mol. The van der Waals surface area contributed by atoms with E-state index in [1.165, 1.54) is 0 Å². The maximum atomic E-state index is 0. The molecule has 0 rings (SSSR count). The fourth-order valence-corrected chi connectivity index (χ4v) is 0. The first-order valence-corrected chi connectivity index (χ1v) is 0. The molecular weight excluding hydrogens is 496 g/mol. The van der Waals surface area contributed by atoms with Crippen molar-refractivity contribution >= 4 is 25.8 Å². The van der Waals surface area contributed by atoms with Gasteiger partial charge in [0.2, 0.25) is 0 Å². The number of rotatable bonds is 0. The van der Waals surface area contributed by atoms with E-state index in [0.717, 1.165) is 0 Å². The number of hydrogen-bond acceptors (Lipinski definition) is 0.